The van der Waals surface area contributed by atoms with Crippen LogP contribution < -0.4 is 10.2 Å². The van der Waals surface area contributed by atoms with Crippen molar-refractivity contribution in [2.45, 2.75) is 38.3 Å². The van der Waals surface area contributed by atoms with Crippen LogP contribution in [-0.4, -0.2) is 73.5 Å². The molecule has 0 aromatic heterocycles. The standard InChI is InChI=1S/C22H34N4O2S/c1-24(2)20-10-4-17(5-11-20)16-25(3)22(28)23-19-8-6-18(7-9-19)21(27)26-12-14-29-15-13-26/h4-5,10-11,18-19H,6-9,12-16H2,1-3H3,(H,23,28). The molecule has 7 heteroatoms. The number of nitrogens with one attached hydrogen (secondary N) is 1. The van der Waals surface area contributed by atoms with E-state index in [0.29, 0.717) is 12.5 Å². The number of thioether (sulfide) groups is 1. The highest BCUT2D eigenvalue weighted by atomic mass is 32.2. The third-order valence-corrected chi connectivity index (χ3v) is 6.89. The minimum absolute atomic E-state index is 0.0375. The third-order valence-electron chi connectivity index (χ3n) is 5.95. The second kappa shape index (κ2) is 10.2. The summed E-state index contributed by atoms with van der Waals surface area (Å²) < 4.78 is 0. The first-order valence-electron chi connectivity index (χ1n) is 10.6. The number of amides is 3. The van der Waals surface area contributed by atoms with E-state index in [0.717, 1.165) is 61.5 Å². The fraction of sp³-hybridized carbons (Fsp3) is 0.636. The first-order valence-corrected chi connectivity index (χ1v) is 11.7. The van der Waals surface area contributed by atoms with Crippen molar-refractivity contribution < 1.29 is 9.59 Å². The summed E-state index contributed by atoms with van der Waals surface area (Å²) in [7, 11) is 5.86. The van der Waals surface area contributed by atoms with Gasteiger partial charge in [-0.3, -0.25) is 4.79 Å². The Hall–Kier alpha value is -1.89. The average Bonchev–Trinajstić information content (AvgIpc) is 2.74. The summed E-state index contributed by atoms with van der Waals surface area (Å²) in [6.45, 7) is 2.36. The highest BCUT2D eigenvalue weighted by molar-refractivity contribution is 7.99. The van der Waals surface area contributed by atoms with Crippen molar-refractivity contribution in [3.8, 4) is 0 Å². The first-order chi connectivity index (χ1) is 13.9. The molecule has 1 saturated carbocycles. The summed E-state index contributed by atoms with van der Waals surface area (Å²) in [5, 5.41) is 3.16. The van der Waals surface area contributed by atoms with Crippen LogP contribution in [-0.2, 0) is 11.3 Å². The minimum atomic E-state index is -0.0375. The predicted molar refractivity (Wildman–Crippen MR) is 120 cm³/mol. The van der Waals surface area contributed by atoms with Gasteiger partial charge in [0.25, 0.3) is 0 Å². The van der Waals surface area contributed by atoms with Crippen molar-refractivity contribution in [1.29, 1.82) is 0 Å². The van der Waals surface area contributed by atoms with E-state index >= 15 is 0 Å². The first kappa shape index (κ1) is 21.8. The van der Waals surface area contributed by atoms with Crippen LogP contribution in [0.5, 0.6) is 0 Å². The van der Waals surface area contributed by atoms with Gasteiger partial charge in [0.1, 0.15) is 0 Å². The summed E-state index contributed by atoms with van der Waals surface area (Å²) in [5.41, 5.74) is 2.26. The Morgan fingerprint density at radius 2 is 1.66 bits per heavy atom. The molecular formula is C22H34N4O2S. The quantitative estimate of drug-likeness (QED) is 0.799. The molecule has 0 spiro atoms. The monoisotopic (exact) mass is 418 g/mol. The van der Waals surface area contributed by atoms with E-state index < -0.39 is 0 Å². The average molecular weight is 419 g/mol. The molecule has 160 valence electrons. The van der Waals surface area contributed by atoms with Crippen molar-refractivity contribution in [2.24, 2.45) is 5.92 Å². The van der Waals surface area contributed by atoms with Crippen LogP contribution in [0.15, 0.2) is 24.3 Å². The molecule has 0 radical (unpaired) electrons. The normalized spacial score (nSPS) is 22.1. The lowest BCUT2D eigenvalue weighted by Gasteiger charge is -2.34. The third kappa shape index (κ3) is 6.04. The number of urea groups is 1. The Labute approximate surface area is 179 Å². The van der Waals surface area contributed by atoms with Crippen molar-refractivity contribution in [2.75, 3.05) is 50.6 Å². The fourth-order valence-corrected chi connectivity index (χ4v) is 4.96. The Morgan fingerprint density at radius 1 is 1.03 bits per heavy atom. The Bertz CT molecular complexity index is 681. The Morgan fingerprint density at radius 3 is 2.24 bits per heavy atom. The SMILES string of the molecule is CN(Cc1ccc(N(C)C)cc1)C(=O)NC1CCC(C(=O)N2CCSCC2)CC1. The highest BCUT2D eigenvalue weighted by Crippen LogP contribution is 2.27. The van der Waals surface area contributed by atoms with Gasteiger partial charge in [-0.05, 0) is 43.4 Å². The van der Waals surface area contributed by atoms with Gasteiger partial charge in [0, 0.05) is 69.9 Å². The number of carbonyl (C=O) groups is 2. The lowest BCUT2D eigenvalue weighted by molar-refractivity contribution is -0.136. The number of hydrogen-bond acceptors (Lipinski definition) is 4. The van der Waals surface area contributed by atoms with E-state index in [1.165, 1.54) is 0 Å². The molecule has 3 rings (SSSR count). The van der Waals surface area contributed by atoms with Crippen molar-refractivity contribution in [3.05, 3.63) is 29.8 Å². The van der Waals surface area contributed by atoms with E-state index in [4.69, 9.17) is 0 Å². The van der Waals surface area contributed by atoms with Crippen LogP contribution in [0.2, 0.25) is 0 Å². The molecule has 6 nitrogen and oxygen atoms in total. The molecule has 29 heavy (non-hydrogen) atoms. The number of hydrogen-bond donors (Lipinski definition) is 1. The highest BCUT2D eigenvalue weighted by Gasteiger charge is 2.30. The Kier molecular flexibility index (Phi) is 7.70. The van der Waals surface area contributed by atoms with Crippen LogP contribution in [0, 0.1) is 5.92 Å². The maximum absolute atomic E-state index is 12.7. The van der Waals surface area contributed by atoms with Gasteiger partial charge in [0.2, 0.25) is 5.91 Å². The lowest BCUT2D eigenvalue weighted by atomic mass is 9.85. The summed E-state index contributed by atoms with van der Waals surface area (Å²) in [6.07, 6.45) is 3.53. The van der Waals surface area contributed by atoms with Crippen LogP contribution in [0.3, 0.4) is 0 Å². The van der Waals surface area contributed by atoms with Gasteiger partial charge < -0.3 is 20.0 Å². The van der Waals surface area contributed by atoms with E-state index in [9.17, 15) is 9.59 Å². The molecule has 1 aliphatic carbocycles. The molecule has 2 fully saturated rings. The summed E-state index contributed by atoms with van der Waals surface area (Å²) in [5.74, 6) is 2.58. The van der Waals surface area contributed by atoms with Gasteiger partial charge in [-0.2, -0.15) is 11.8 Å². The lowest BCUT2D eigenvalue weighted by Crippen LogP contribution is -2.47. The zero-order valence-corrected chi connectivity index (χ0v) is 18.7. The van der Waals surface area contributed by atoms with Crippen molar-refractivity contribution in [3.63, 3.8) is 0 Å². The van der Waals surface area contributed by atoms with Gasteiger partial charge >= 0.3 is 6.03 Å². The van der Waals surface area contributed by atoms with Gasteiger partial charge in [-0.15, -0.1) is 0 Å². The Balaban J connectivity index is 1.42. The second-order valence-electron chi connectivity index (χ2n) is 8.35. The van der Waals surface area contributed by atoms with E-state index in [2.05, 4.69) is 34.5 Å². The number of nitrogens with zero attached hydrogens (tertiary/aromatic N) is 3. The number of benzene rings is 1. The van der Waals surface area contributed by atoms with Crippen molar-refractivity contribution in [1.82, 2.24) is 15.1 Å². The molecule has 0 bridgehead atoms. The van der Waals surface area contributed by atoms with E-state index in [-0.39, 0.29) is 18.0 Å². The number of anilines is 1. The largest absolute Gasteiger partial charge is 0.378 e. The minimum Gasteiger partial charge on any atom is -0.378 e. The van der Waals surface area contributed by atoms with Crippen LogP contribution in [0.4, 0.5) is 10.5 Å². The molecule has 3 amide bonds. The fourth-order valence-electron chi connectivity index (χ4n) is 4.06. The maximum Gasteiger partial charge on any atom is 0.317 e. The van der Waals surface area contributed by atoms with E-state index in [1.807, 2.05) is 37.8 Å². The summed E-state index contributed by atoms with van der Waals surface area (Å²) in [4.78, 5) is 31.1. The molecule has 0 atom stereocenters. The molecule has 1 heterocycles. The zero-order chi connectivity index (χ0) is 20.8. The summed E-state index contributed by atoms with van der Waals surface area (Å²) >= 11 is 1.93. The second-order valence-corrected chi connectivity index (χ2v) is 9.58. The van der Waals surface area contributed by atoms with Crippen LogP contribution >= 0.6 is 11.8 Å². The number of rotatable bonds is 5. The smallest absolute Gasteiger partial charge is 0.317 e. The molecule has 1 saturated heterocycles. The zero-order valence-electron chi connectivity index (χ0n) is 17.9. The predicted octanol–water partition coefficient (Wildman–Crippen LogP) is 3.03. The molecule has 1 aliphatic heterocycles. The molecular weight excluding hydrogens is 384 g/mol. The molecule has 2 aliphatic rings. The molecule has 1 N–H and O–H groups in total. The summed E-state index contributed by atoms with van der Waals surface area (Å²) in [6, 6.07) is 8.40. The van der Waals surface area contributed by atoms with Crippen molar-refractivity contribution >= 4 is 29.4 Å². The number of carbonyl (C=O) groups excluding carboxylic acids is 2. The van der Waals surface area contributed by atoms with Crippen LogP contribution in [0.25, 0.3) is 0 Å². The van der Waals surface area contributed by atoms with E-state index in [1.54, 1.807) is 4.90 Å². The van der Waals surface area contributed by atoms with Gasteiger partial charge in [0.05, 0.1) is 0 Å². The molecule has 0 unspecified atom stereocenters. The molecule has 1 aromatic carbocycles. The van der Waals surface area contributed by atoms with Gasteiger partial charge in [0.15, 0.2) is 0 Å². The topological polar surface area (TPSA) is 55.9 Å². The van der Waals surface area contributed by atoms with Gasteiger partial charge in [-0.1, -0.05) is 12.1 Å². The maximum atomic E-state index is 12.7. The molecule has 1 aromatic rings. The van der Waals surface area contributed by atoms with Gasteiger partial charge in [-0.25, -0.2) is 4.79 Å². The van der Waals surface area contributed by atoms with Crippen LogP contribution in [0.1, 0.15) is 31.2 Å².